The van der Waals surface area contributed by atoms with Gasteiger partial charge in [0.1, 0.15) is 23.4 Å². The van der Waals surface area contributed by atoms with Crippen LogP contribution in [0.3, 0.4) is 0 Å². The average Bonchev–Trinajstić information content (AvgIpc) is 3.49. The maximum Gasteiger partial charge on any atom is 0.260 e. The summed E-state index contributed by atoms with van der Waals surface area (Å²) in [7, 11) is 1.54. The molecule has 0 spiro atoms. The number of hydrogen-bond acceptors (Lipinski definition) is 9. The molecule has 2 N–H and O–H groups in total. The minimum atomic E-state index is -0.662. The minimum Gasteiger partial charge on any atom is -0.495 e. The van der Waals surface area contributed by atoms with Crippen molar-refractivity contribution in [3.05, 3.63) is 101 Å². The maximum absolute atomic E-state index is 14.3. The van der Waals surface area contributed by atoms with Crippen molar-refractivity contribution < 1.29 is 28.2 Å². The van der Waals surface area contributed by atoms with E-state index in [0.29, 0.717) is 77.2 Å². The van der Waals surface area contributed by atoms with Gasteiger partial charge in [-0.2, -0.15) is 4.98 Å². The highest BCUT2D eigenvalue weighted by Gasteiger charge is 2.35. The highest BCUT2D eigenvalue weighted by atomic mass is 32.2. The van der Waals surface area contributed by atoms with Crippen molar-refractivity contribution in [2.75, 3.05) is 50.7 Å². The van der Waals surface area contributed by atoms with E-state index in [-0.39, 0.29) is 24.2 Å². The minimum absolute atomic E-state index is 0.0892. The van der Waals surface area contributed by atoms with Crippen LogP contribution >= 0.6 is 11.8 Å². The molecule has 2 aliphatic heterocycles. The summed E-state index contributed by atoms with van der Waals surface area (Å²) in [5.74, 6) is 1.07. The first-order chi connectivity index (χ1) is 22.4. The summed E-state index contributed by atoms with van der Waals surface area (Å²) < 4.78 is 32.5. The van der Waals surface area contributed by atoms with E-state index in [1.807, 2.05) is 31.2 Å². The molecular formula is C33H33FN6O5S. The SMILES string of the molecule is COc1ccccc1NC(=O)C1=C(C)Nc2nc(SCc3ccccc3F)nn2C1c1ccc(OCC(=O)N2CCOCC2)cc1. The van der Waals surface area contributed by atoms with E-state index in [2.05, 4.69) is 15.6 Å². The Hall–Kier alpha value is -4.88. The molecule has 46 heavy (non-hydrogen) atoms. The summed E-state index contributed by atoms with van der Waals surface area (Å²) in [6.07, 6.45) is 0. The van der Waals surface area contributed by atoms with Crippen molar-refractivity contribution in [3.63, 3.8) is 0 Å². The topological polar surface area (TPSA) is 120 Å². The van der Waals surface area contributed by atoms with Crippen molar-refractivity contribution in [3.8, 4) is 11.5 Å². The highest BCUT2D eigenvalue weighted by Crippen LogP contribution is 2.38. The Morgan fingerprint density at radius 1 is 1.07 bits per heavy atom. The number of carbonyl (C=O) groups excluding carboxylic acids is 2. The Balaban J connectivity index is 1.27. The van der Waals surface area contributed by atoms with Crippen LogP contribution in [0.15, 0.2) is 89.2 Å². The van der Waals surface area contributed by atoms with E-state index in [9.17, 15) is 14.0 Å². The van der Waals surface area contributed by atoms with Gasteiger partial charge in [0.05, 0.1) is 31.6 Å². The number of allylic oxidation sites excluding steroid dienone is 1. The second-order valence-electron chi connectivity index (χ2n) is 10.6. The summed E-state index contributed by atoms with van der Waals surface area (Å²) >= 11 is 1.30. The number of thioether (sulfide) groups is 1. The van der Waals surface area contributed by atoms with Crippen LogP contribution in [0.25, 0.3) is 0 Å². The number of fused-ring (bicyclic) bond motifs is 1. The first-order valence-electron chi connectivity index (χ1n) is 14.7. The summed E-state index contributed by atoms with van der Waals surface area (Å²) in [6.45, 7) is 3.85. The van der Waals surface area contributed by atoms with Gasteiger partial charge >= 0.3 is 0 Å². The number of anilines is 2. The average molecular weight is 645 g/mol. The van der Waals surface area contributed by atoms with Gasteiger partial charge in [0.15, 0.2) is 6.61 Å². The predicted molar refractivity (Wildman–Crippen MR) is 171 cm³/mol. The molecule has 0 saturated carbocycles. The first-order valence-corrected chi connectivity index (χ1v) is 15.7. The number of aromatic nitrogens is 3. The van der Waals surface area contributed by atoms with E-state index in [4.69, 9.17) is 19.3 Å². The number of ether oxygens (including phenoxy) is 3. The molecule has 1 aromatic heterocycles. The Morgan fingerprint density at radius 3 is 2.57 bits per heavy atom. The predicted octanol–water partition coefficient (Wildman–Crippen LogP) is 4.88. The summed E-state index contributed by atoms with van der Waals surface area (Å²) in [6, 6.07) is 20.3. The molecule has 3 aromatic carbocycles. The van der Waals surface area contributed by atoms with Crippen molar-refractivity contribution in [2.45, 2.75) is 23.9 Å². The van der Waals surface area contributed by atoms with Crippen LogP contribution in [0.5, 0.6) is 11.5 Å². The number of benzene rings is 3. The lowest BCUT2D eigenvalue weighted by molar-refractivity contribution is -0.137. The molecule has 3 heterocycles. The Morgan fingerprint density at radius 2 is 1.80 bits per heavy atom. The molecule has 0 radical (unpaired) electrons. The summed E-state index contributed by atoms with van der Waals surface area (Å²) in [5, 5.41) is 11.4. The van der Waals surface area contributed by atoms with Gasteiger partial charge in [-0.3, -0.25) is 9.59 Å². The molecule has 2 amide bonds. The van der Waals surface area contributed by atoms with E-state index in [0.717, 1.165) is 5.56 Å². The van der Waals surface area contributed by atoms with E-state index in [1.165, 1.54) is 17.8 Å². The van der Waals surface area contributed by atoms with Gasteiger partial charge in [-0.1, -0.05) is 54.2 Å². The third-order valence-corrected chi connectivity index (χ3v) is 8.56. The number of nitrogens with zero attached hydrogens (tertiary/aromatic N) is 4. The number of para-hydroxylation sites is 2. The molecule has 4 aromatic rings. The van der Waals surface area contributed by atoms with Gasteiger partial charge in [0, 0.05) is 24.5 Å². The fourth-order valence-electron chi connectivity index (χ4n) is 5.29. The molecule has 1 unspecified atom stereocenters. The van der Waals surface area contributed by atoms with Crippen LogP contribution in [0.2, 0.25) is 0 Å². The van der Waals surface area contributed by atoms with Crippen molar-refractivity contribution in [1.82, 2.24) is 19.7 Å². The summed E-state index contributed by atoms with van der Waals surface area (Å²) in [5.41, 5.74) is 2.83. The molecule has 1 fully saturated rings. The van der Waals surface area contributed by atoms with Gasteiger partial charge in [-0.25, -0.2) is 9.07 Å². The molecule has 1 atom stereocenters. The van der Waals surface area contributed by atoms with Crippen LogP contribution in [0, 0.1) is 5.82 Å². The summed E-state index contributed by atoms with van der Waals surface area (Å²) in [4.78, 5) is 32.9. The third kappa shape index (κ3) is 6.85. The largest absolute Gasteiger partial charge is 0.495 e. The lowest BCUT2D eigenvalue weighted by Crippen LogP contribution is -2.42. The van der Waals surface area contributed by atoms with Crippen LogP contribution in [-0.4, -0.2) is 71.5 Å². The number of nitrogens with one attached hydrogen (secondary N) is 2. The standard InChI is InChI=1S/C33H33FN6O5S/c1-21-29(31(42)36-26-9-5-6-10-27(26)43-2)30(22-11-13-24(14-12-22)45-19-28(41)39-15-17-44-18-16-39)40-32(35-21)37-33(38-40)46-20-23-7-3-4-8-25(23)34/h3-14,30H,15-20H2,1-2H3,(H,36,42)(H,35,37,38). The number of halogens is 1. The smallest absolute Gasteiger partial charge is 0.260 e. The zero-order valence-corrected chi connectivity index (χ0v) is 26.2. The van der Waals surface area contributed by atoms with E-state index in [1.54, 1.807) is 59.2 Å². The van der Waals surface area contributed by atoms with Crippen molar-refractivity contribution >= 4 is 35.2 Å². The number of carbonyl (C=O) groups is 2. The van der Waals surface area contributed by atoms with E-state index < -0.39 is 6.04 Å². The molecule has 238 valence electrons. The second kappa shape index (κ2) is 14.0. The van der Waals surface area contributed by atoms with E-state index >= 15 is 0 Å². The molecule has 13 heteroatoms. The fraction of sp³-hybridized carbons (Fsp3) is 0.273. The number of methoxy groups -OCH3 is 1. The number of morpholine rings is 1. The van der Waals surface area contributed by atoms with Crippen LogP contribution in [-0.2, 0) is 20.1 Å². The van der Waals surface area contributed by atoms with Gasteiger partial charge in [-0.05, 0) is 48.4 Å². The molecule has 1 saturated heterocycles. The normalized spacial score (nSPS) is 16.0. The third-order valence-electron chi connectivity index (χ3n) is 7.67. The Kier molecular flexibility index (Phi) is 9.50. The highest BCUT2D eigenvalue weighted by molar-refractivity contribution is 7.98. The van der Waals surface area contributed by atoms with Gasteiger partial charge in [0.25, 0.3) is 11.8 Å². The Labute approximate surface area is 269 Å². The maximum atomic E-state index is 14.3. The van der Waals surface area contributed by atoms with Crippen LogP contribution in [0.1, 0.15) is 24.1 Å². The van der Waals surface area contributed by atoms with Gasteiger partial charge in [-0.15, -0.1) is 5.10 Å². The number of amides is 2. The monoisotopic (exact) mass is 644 g/mol. The van der Waals surface area contributed by atoms with Crippen molar-refractivity contribution in [2.24, 2.45) is 0 Å². The molecule has 0 bridgehead atoms. The molecule has 6 rings (SSSR count). The molecular weight excluding hydrogens is 611 g/mol. The van der Waals surface area contributed by atoms with Gasteiger partial charge in [0.2, 0.25) is 11.1 Å². The second-order valence-corrected chi connectivity index (χ2v) is 11.6. The van der Waals surface area contributed by atoms with Crippen molar-refractivity contribution in [1.29, 1.82) is 0 Å². The number of hydrogen-bond donors (Lipinski definition) is 2. The molecule has 2 aliphatic rings. The Bertz CT molecular complexity index is 1760. The van der Waals surface area contributed by atoms with Crippen LogP contribution < -0.4 is 20.1 Å². The number of rotatable bonds is 10. The quantitative estimate of drug-likeness (QED) is 0.233. The van der Waals surface area contributed by atoms with Gasteiger partial charge < -0.3 is 29.7 Å². The molecule has 11 nitrogen and oxygen atoms in total. The van der Waals surface area contributed by atoms with Crippen LogP contribution in [0.4, 0.5) is 16.0 Å². The first kappa shape index (κ1) is 31.1. The zero-order valence-electron chi connectivity index (χ0n) is 25.4. The lowest BCUT2D eigenvalue weighted by atomic mass is 9.95. The lowest BCUT2D eigenvalue weighted by Gasteiger charge is -2.29. The fourth-order valence-corrected chi connectivity index (χ4v) is 6.10. The molecule has 0 aliphatic carbocycles. The zero-order chi connectivity index (χ0) is 32.0.